The molecule has 84 valence electrons. The number of hydrogen-bond acceptors (Lipinski definition) is 1. The fourth-order valence-electron chi connectivity index (χ4n) is 1.49. The molecule has 0 nitrogen and oxygen atoms in total. The summed E-state index contributed by atoms with van der Waals surface area (Å²) in [7, 11) is 0. The highest BCUT2D eigenvalue weighted by Gasteiger charge is 2.16. The number of hydrogen-bond donors (Lipinski definition) is 0. The van der Waals surface area contributed by atoms with Gasteiger partial charge in [-0.25, -0.2) is 0 Å². The third-order valence-electron chi connectivity index (χ3n) is 2.21. The van der Waals surface area contributed by atoms with Gasteiger partial charge in [0.1, 0.15) is 0 Å². The van der Waals surface area contributed by atoms with Crippen LogP contribution in [0.2, 0.25) is 0 Å². The van der Waals surface area contributed by atoms with E-state index in [9.17, 15) is 0 Å². The summed E-state index contributed by atoms with van der Waals surface area (Å²) in [4.78, 5) is 2.43. The van der Waals surface area contributed by atoms with E-state index in [1.807, 2.05) is 18.2 Å². The Bertz CT molecular complexity index is 507. The zero-order valence-corrected chi connectivity index (χ0v) is 13.3. The number of alkyl halides is 1. The summed E-state index contributed by atoms with van der Waals surface area (Å²) >= 11 is 15.2. The third kappa shape index (κ3) is 2.70. The van der Waals surface area contributed by atoms with Crippen molar-refractivity contribution in [1.82, 2.24) is 0 Å². The molecule has 1 atom stereocenters. The zero-order chi connectivity index (χ0) is 11.7. The van der Waals surface area contributed by atoms with Crippen molar-refractivity contribution in [1.29, 1.82) is 0 Å². The summed E-state index contributed by atoms with van der Waals surface area (Å²) in [5, 5.41) is -0.0921. The average Bonchev–Trinajstić information content (AvgIpc) is 2.57. The molecule has 4 heteroatoms. The van der Waals surface area contributed by atoms with Crippen LogP contribution in [0.1, 0.15) is 20.7 Å². The van der Waals surface area contributed by atoms with E-state index < -0.39 is 0 Å². The first-order valence-electron chi connectivity index (χ1n) is 4.73. The Labute approximate surface area is 121 Å². The van der Waals surface area contributed by atoms with Gasteiger partial charge in [0.25, 0.3) is 0 Å². The summed E-state index contributed by atoms with van der Waals surface area (Å²) in [6.07, 6.45) is 0. The molecule has 0 amide bonds. The van der Waals surface area contributed by atoms with E-state index >= 15 is 0 Å². The fourth-order valence-corrected chi connectivity index (χ4v) is 4.31. The molecule has 0 fully saturated rings. The van der Waals surface area contributed by atoms with Crippen molar-refractivity contribution in [3.63, 3.8) is 0 Å². The van der Waals surface area contributed by atoms with Crippen LogP contribution in [0, 0.1) is 6.92 Å². The molecule has 0 aliphatic rings. The van der Waals surface area contributed by atoms with E-state index in [-0.39, 0.29) is 5.38 Å². The molecule has 0 spiro atoms. The van der Waals surface area contributed by atoms with Crippen molar-refractivity contribution < 1.29 is 0 Å². The molecule has 0 aliphatic carbocycles. The summed E-state index contributed by atoms with van der Waals surface area (Å²) in [5.41, 5.74) is 1.11. The van der Waals surface area contributed by atoms with Crippen LogP contribution in [0.15, 0.2) is 39.3 Å². The first-order chi connectivity index (χ1) is 7.58. The van der Waals surface area contributed by atoms with Crippen LogP contribution in [0.4, 0.5) is 0 Å². The summed E-state index contributed by atoms with van der Waals surface area (Å²) < 4.78 is 2.15. The molecule has 16 heavy (non-hydrogen) atoms. The lowest BCUT2D eigenvalue weighted by molar-refractivity contribution is 1.17. The van der Waals surface area contributed by atoms with Crippen LogP contribution < -0.4 is 0 Å². The second kappa shape index (κ2) is 5.21. The number of benzene rings is 1. The Morgan fingerprint density at radius 2 is 2.00 bits per heavy atom. The maximum absolute atomic E-state index is 6.48. The molecule has 0 saturated heterocycles. The standard InChI is InChI=1S/C12H9Br2ClS/c1-7-5-10(14)12(16-7)11(15)8-3-2-4-9(13)6-8/h2-6,11H,1H3. The quantitative estimate of drug-likeness (QED) is 0.568. The van der Waals surface area contributed by atoms with Gasteiger partial charge in [-0.3, -0.25) is 0 Å². The molecule has 1 aromatic heterocycles. The second-order valence-corrected chi connectivity index (χ2v) is 6.98. The Hall–Kier alpha value is 0.170. The molecule has 1 aromatic carbocycles. The predicted molar refractivity (Wildman–Crippen MR) is 78.6 cm³/mol. The van der Waals surface area contributed by atoms with Crippen molar-refractivity contribution in [2.45, 2.75) is 12.3 Å². The maximum atomic E-state index is 6.48. The molecule has 0 radical (unpaired) electrons. The molecular weight excluding hydrogens is 371 g/mol. The lowest BCUT2D eigenvalue weighted by Gasteiger charge is -2.09. The monoisotopic (exact) mass is 378 g/mol. The molecule has 0 N–H and O–H groups in total. The van der Waals surface area contributed by atoms with Crippen LogP contribution in [-0.2, 0) is 0 Å². The van der Waals surface area contributed by atoms with Crippen molar-refractivity contribution in [3.05, 3.63) is 54.6 Å². The number of rotatable bonds is 2. The lowest BCUT2D eigenvalue weighted by atomic mass is 10.1. The van der Waals surface area contributed by atoms with E-state index in [0.717, 1.165) is 19.4 Å². The molecule has 0 aliphatic heterocycles. The van der Waals surface area contributed by atoms with E-state index in [2.05, 4.69) is 50.9 Å². The third-order valence-corrected chi connectivity index (χ3v) is 5.33. The van der Waals surface area contributed by atoms with E-state index in [1.165, 1.54) is 4.88 Å². The van der Waals surface area contributed by atoms with Crippen LogP contribution in [0.3, 0.4) is 0 Å². The van der Waals surface area contributed by atoms with Gasteiger partial charge in [-0.15, -0.1) is 22.9 Å². The van der Waals surface area contributed by atoms with Crippen LogP contribution in [0.5, 0.6) is 0 Å². The minimum Gasteiger partial charge on any atom is -0.143 e. The van der Waals surface area contributed by atoms with Crippen LogP contribution in [0.25, 0.3) is 0 Å². The predicted octanol–water partition coefficient (Wildman–Crippen LogP) is 5.91. The minimum absolute atomic E-state index is 0.0921. The molecule has 0 bridgehead atoms. The van der Waals surface area contributed by atoms with E-state index in [1.54, 1.807) is 11.3 Å². The van der Waals surface area contributed by atoms with Gasteiger partial charge < -0.3 is 0 Å². The molecule has 2 rings (SSSR count). The topological polar surface area (TPSA) is 0 Å². The molecule has 2 aromatic rings. The minimum atomic E-state index is -0.0921. The molecule has 1 unspecified atom stereocenters. The summed E-state index contributed by atoms with van der Waals surface area (Å²) in [6.45, 7) is 2.09. The normalized spacial score (nSPS) is 12.8. The Balaban J connectivity index is 2.38. The van der Waals surface area contributed by atoms with Crippen LogP contribution >= 0.6 is 54.8 Å². The van der Waals surface area contributed by atoms with E-state index in [0.29, 0.717) is 0 Å². The van der Waals surface area contributed by atoms with Crippen molar-refractivity contribution in [2.75, 3.05) is 0 Å². The Morgan fingerprint density at radius 1 is 1.25 bits per heavy atom. The van der Waals surface area contributed by atoms with Gasteiger partial charge in [0, 0.05) is 18.7 Å². The largest absolute Gasteiger partial charge is 0.143 e. The van der Waals surface area contributed by atoms with Gasteiger partial charge in [-0.1, -0.05) is 28.1 Å². The van der Waals surface area contributed by atoms with Gasteiger partial charge in [0.15, 0.2) is 0 Å². The smallest absolute Gasteiger partial charge is 0.0939 e. The van der Waals surface area contributed by atoms with Gasteiger partial charge in [0.05, 0.1) is 5.38 Å². The number of thiophene rings is 1. The second-order valence-electron chi connectivity index (χ2n) is 3.49. The van der Waals surface area contributed by atoms with Gasteiger partial charge in [0.2, 0.25) is 0 Å². The van der Waals surface area contributed by atoms with Crippen LogP contribution in [-0.4, -0.2) is 0 Å². The van der Waals surface area contributed by atoms with Crippen molar-refractivity contribution >= 4 is 54.8 Å². The lowest BCUT2D eigenvalue weighted by Crippen LogP contribution is -1.90. The summed E-state index contributed by atoms with van der Waals surface area (Å²) in [5.74, 6) is 0. The Morgan fingerprint density at radius 3 is 2.56 bits per heavy atom. The SMILES string of the molecule is Cc1cc(Br)c(C(Cl)c2cccc(Br)c2)s1. The Kier molecular flexibility index (Phi) is 4.11. The number of halogens is 3. The highest BCUT2D eigenvalue weighted by atomic mass is 79.9. The first-order valence-corrected chi connectivity index (χ1v) is 7.57. The average molecular weight is 381 g/mol. The zero-order valence-electron chi connectivity index (χ0n) is 8.51. The van der Waals surface area contributed by atoms with Gasteiger partial charge >= 0.3 is 0 Å². The highest BCUT2D eigenvalue weighted by molar-refractivity contribution is 9.10. The first kappa shape index (κ1) is 12.6. The summed E-state index contributed by atoms with van der Waals surface area (Å²) in [6, 6.07) is 10.2. The van der Waals surface area contributed by atoms with Crippen molar-refractivity contribution in [3.8, 4) is 0 Å². The van der Waals surface area contributed by atoms with Gasteiger partial charge in [-0.05, 0) is 46.6 Å². The molecule has 0 saturated carbocycles. The molecular formula is C12H9Br2ClS. The van der Waals surface area contributed by atoms with Gasteiger partial charge in [-0.2, -0.15) is 0 Å². The van der Waals surface area contributed by atoms with Crippen molar-refractivity contribution in [2.24, 2.45) is 0 Å². The maximum Gasteiger partial charge on any atom is 0.0939 e. The fraction of sp³-hybridized carbons (Fsp3) is 0.167. The molecule has 1 heterocycles. The van der Waals surface area contributed by atoms with E-state index in [4.69, 9.17) is 11.6 Å². The highest BCUT2D eigenvalue weighted by Crippen LogP contribution is 2.39. The number of aryl methyl sites for hydroxylation is 1.